The molecule has 0 radical (unpaired) electrons. The third-order valence-electron chi connectivity index (χ3n) is 2.31. The van der Waals surface area contributed by atoms with Crippen LogP contribution < -0.4 is 0 Å². The van der Waals surface area contributed by atoms with E-state index < -0.39 is 4.92 Å². The van der Waals surface area contributed by atoms with E-state index in [0.29, 0.717) is 0 Å². The van der Waals surface area contributed by atoms with Crippen LogP contribution in [0.5, 0.6) is 11.5 Å². The summed E-state index contributed by atoms with van der Waals surface area (Å²) in [4.78, 5) is 17.7. The first-order chi connectivity index (χ1) is 9.08. The lowest BCUT2D eigenvalue weighted by Gasteiger charge is -1.99. The van der Waals surface area contributed by atoms with Gasteiger partial charge in [-0.25, -0.2) is 9.98 Å². The van der Waals surface area contributed by atoms with Crippen LogP contribution in [0.1, 0.15) is 5.56 Å². The monoisotopic (exact) mass is 259 g/mol. The molecule has 1 aromatic heterocycles. The van der Waals surface area contributed by atoms with Crippen molar-refractivity contribution in [2.45, 2.75) is 0 Å². The third kappa shape index (κ3) is 2.83. The van der Waals surface area contributed by atoms with Crippen molar-refractivity contribution < 1.29 is 15.1 Å². The average molecular weight is 259 g/mol. The summed E-state index contributed by atoms with van der Waals surface area (Å²) < 4.78 is 0. The molecule has 0 unspecified atom stereocenters. The molecule has 2 aromatic rings. The van der Waals surface area contributed by atoms with Crippen LogP contribution in [0.15, 0.2) is 41.5 Å². The molecule has 0 saturated carbocycles. The molecule has 0 fully saturated rings. The number of rotatable bonds is 3. The minimum Gasteiger partial charge on any atom is -0.507 e. The molecule has 0 saturated heterocycles. The Morgan fingerprint density at radius 1 is 1.26 bits per heavy atom. The predicted octanol–water partition coefficient (Wildman–Crippen LogP) is 2.15. The number of nitro benzene ring substituents is 1. The summed E-state index contributed by atoms with van der Waals surface area (Å²) in [5.74, 6) is -0.207. The SMILES string of the molecule is O=[N+]([O-])c1ccc(O)c(/C=N/c2ncccc2O)c1. The van der Waals surface area contributed by atoms with Crippen LogP contribution in [0.3, 0.4) is 0 Å². The Morgan fingerprint density at radius 3 is 2.74 bits per heavy atom. The van der Waals surface area contributed by atoms with Crippen molar-refractivity contribution in [1.82, 2.24) is 4.98 Å². The fourth-order valence-electron chi connectivity index (χ4n) is 1.38. The highest BCUT2D eigenvalue weighted by Gasteiger charge is 2.09. The normalized spacial score (nSPS) is 10.7. The summed E-state index contributed by atoms with van der Waals surface area (Å²) in [5, 5.41) is 29.6. The molecule has 0 aliphatic heterocycles. The molecular weight excluding hydrogens is 250 g/mol. The summed E-state index contributed by atoms with van der Waals surface area (Å²) in [6, 6.07) is 6.52. The summed E-state index contributed by atoms with van der Waals surface area (Å²) >= 11 is 0. The van der Waals surface area contributed by atoms with E-state index in [1.807, 2.05) is 0 Å². The molecule has 1 aromatic carbocycles. The topological polar surface area (TPSA) is 109 Å². The lowest BCUT2D eigenvalue weighted by Crippen LogP contribution is -1.90. The van der Waals surface area contributed by atoms with Gasteiger partial charge in [0.1, 0.15) is 5.75 Å². The molecule has 7 nitrogen and oxygen atoms in total. The third-order valence-corrected chi connectivity index (χ3v) is 2.31. The average Bonchev–Trinajstić information content (AvgIpc) is 2.39. The highest BCUT2D eigenvalue weighted by molar-refractivity contribution is 5.86. The van der Waals surface area contributed by atoms with E-state index in [4.69, 9.17) is 0 Å². The number of phenolic OH excluding ortho intramolecular Hbond substituents is 1. The molecule has 2 N–H and O–H groups in total. The lowest BCUT2D eigenvalue weighted by atomic mass is 10.2. The molecule has 0 amide bonds. The van der Waals surface area contributed by atoms with Crippen molar-refractivity contribution in [2.75, 3.05) is 0 Å². The molecule has 1 heterocycles. The van der Waals surface area contributed by atoms with Gasteiger partial charge in [-0.05, 0) is 18.2 Å². The minimum atomic E-state index is -0.574. The first kappa shape index (κ1) is 12.5. The maximum Gasteiger partial charge on any atom is 0.270 e. The maximum atomic E-state index is 10.6. The molecular formula is C12H9N3O4. The van der Waals surface area contributed by atoms with E-state index in [1.54, 1.807) is 6.07 Å². The second kappa shape index (κ2) is 5.13. The Balaban J connectivity index is 2.35. The van der Waals surface area contributed by atoms with Gasteiger partial charge >= 0.3 is 0 Å². The largest absolute Gasteiger partial charge is 0.507 e. The number of aromatic hydroxyl groups is 2. The quantitative estimate of drug-likeness (QED) is 0.498. The van der Waals surface area contributed by atoms with E-state index >= 15 is 0 Å². The number of aromatic nitrogens is 1. The van der Waals surface area contributed by atoms with E-state index in [0.717, 1.165) is 0 Å². The van der Waals surface area contributed by atoms with Gasteiger partial charge in [0.05, 0.1) is 4.92 Å². The number of non-ortho nitro benzene ring substituents is 1. The molecule has 7 heteroatoms. The lowest BCUT2D eigenvalue weighted by molar-refractivity contribution is -0.384. The van der Waals surface area contributed by atoms with Gasteiger partial charge in [-0.2, -0.15) is 0 Å². The Bertz CT molecular complexity index is 655. The first-order valence-corrected chi connectivity index (χ1v) is 5.23. The highest BCUT2D eigenvalue weighted by atomic mass is 16.6. The number of aliphatic imine (C=N–C) groups is 1. The van der Waals surface area contributed by atoms with Gasteiger partial charge in [-0.1, -0.05) is 0 Å². The van der Waals surface area contributed by atoms with Crippen molar-refractivity contribution in [1.29, 1.82) is 0 Å². The van der Waals surface area contributed by atoms with Crippen molar-refractivity contribution in [3.8, 4) is 11.5 Å². The number of hydrogen-bond donors (Lipinski definition) is 2. The van der Waals surface area contributed by atoms with Crippen LogP contribution in [-0.2, 0) is 0 Å². The molecule has 19 heavy (non-hydrogen) atoms. The molecule has 0 spiro atoms. The second-order valence-electron chi connectivity index (χ2n) is 3.60. The summed E-state index contributed by atoms with van der Waals surface area (Å²) in [6.07, 6.45) is 2.64. The Hall–Kier alpha value is -2.96. The van der Waals surface area contributed by atoms with E-state index in [-0.39, 0.29) is 28.6 Å². The number of nitro groups is 1. The summed E-state index contributed by atoms with van der Waals surface area (Å²) in [6.45, 7) is 0. The highest BCUT2D eigenvalue weighted by Crippen LogP contribution is 2.24. The zero-order chi connectivity index (χ0) is 13.8. The van der Waals surface area contributed by atoms with E-state index in [9.17, 15) is 20.3 Å². The fourth-order valence-corrected chi connectivity index (χ4v) is 1.38. The van der Waals surface area contributed by atoms with Crippen molar-refractivity contribution in [3.05, 3.63) is 52.2 Å². The minimum absolute atomic E-state index is 0.0633. The fraction of sp³-hybridized carbons (Fsp3) is 0. The molecule has 0 aliphatic carbocycles. The summed E-state index contributed by atoms with van der Waals surface area (Å²) in [7, 11) is 0. The Labute approximate surface area is 107 Å². The number of nitrogens with zero attached hydrogens (tertiary/aromatic N) is 3. The molecule has 0 atom stereocenters. The van der Waals surface area contributed by atoms with Crippen LogP contribution in [0.4, 0.5) is 11.5 Å². The van der Waals surface area contributed by atoms with Crippen LogP contribution in [-0.4, -0.2) is 26.3 Å². The maximum absolute atomic E-state index is 10.6. The van der Waals surface area contributed by atoms with Gasteiger partial charge in [0, 0.05) is 30.1 Å². The Kier molecular flexibility index (Phi) is 3.37. The van der Waals surface area contributed by atoms with Crippen molar-refractivity contribution in [3.63, 3.8) is 0 Å². The van der Waals surface area contributed by atoms with E-state index in [2.05, 4.69) is 9.98 Å². The van der Waals surface area contributed by atoms with Crippen LogP contribution in [0.2, 0.25) is 0 Å². The van der Waals surface area contributed by atoms with Gasteiger partial charge in [0.25, 0.3) is 5.69 Å². The number of benzene rings is 1. The van der Waals surface area contributed by atoms with Crippen LogP contribution >= 0.6 is 0 Å². The van der Waals surface area contributed by atoms with Gasteiger partial charge in [-0.3, -0.25) is 10.1 Å². The standard InChI is InChI=1S/C12H9N3O4/c16-10-4-3-9(15(18)19)6-8(10)7-14-12-11(17)2-1-5-13-12/h1-7,16-17H/b14-7+. The predicted molar refractivity (Wildman–Crippen MR) is 67.9 cm³/mol. The second-order valence-corrected chi connectivity index (χ2v) is 3.60. The van der Waals surface area contributed by atoms with Gasteiger partial charge < -0.3 is 10.2 Å². The van der Waals surface area contributed by atoms with Gasteiger partial charge in [-0.15, -0.1) is 0 Å². The molecule has 2 rings (SSSR count). The van der Waals surface area contributed by atoms with Gasteiger partial charge in [0.2, 0.25) is 0 Å². The van der Waals surface area contributed by atoms with Crippen molar-refractivity contribution in [2.24, 2.45) is 4.99 Å². The van der Waals surface area contributed by atoms with Crippen molar-refractivity contribution >= 4 is 17.7 Å². The zero-order valence-electron chi connectivity index (χ0n) is 9.59. The Morgan fingerprint density at radius 2 is 2.05 bits per heavy atom. The van der Waals surface area contributed by atoms with Crippen LogP contribution in [0.25, 0.3) is 0 Å². The summed E-state index contributed by atoms with van der Waals surface area (Å²) in [5.41, 5.74) is 0.00347. The first-order valence-electron chi connectivity index (χ1n) is 5.23. The molecule has 96 valence electrons. The number of pyridine rings is 1. The smallest absolute Gasteiger partial charge is 0.270 e. The molecule has 0 aliphatic rings. The van der Waals surface area contributed by atoms with E-state index in [1.165, 1.54) is 36.7 Å². The number of hydrogen-bond acceptors (Lipinski definition) is 6. The molecule has 0 bridgehead atoms. The zero-order valence-corrected chi connectivity index (χ0v) is 9.59. The van der Waals surface area contributed by atoms with Gasteiger partial charge in [0.15, 0.2) is 11.6 Å². The number of phenols is 1. The van der Waals surface area contributed by atoms with Crippen LogP contribution in [0, 0.1) is 10.1 Å².